The number of nitrogens with zero attached hydrogens (tertiary/aromatic N) is 2. The Morgan fingerprint density at radius 3 is 2.21 bits per heavy atom. The van der Waals surface area contributed by atoms with Gasteiger partial charge in [-0.1, -0.05) is 12.1 Å². The second-order valence-electron chi connectivity index (χ2n) is 6.04. The molecule has 0 atom stereocenters. The van der Waals surface area contributed by atoms with Gasteiger partial charge in [-0.2, -0.15) is 13.2 Å². The summed E-state index contributed by atoms with van der Waals surface area (Å²) >= 11 is 0. The molecule has 0 spiro atoms. The Morgan fingerprint density at radius 1 is 1.08 bits per heavy atom. The summed E-state index contributed by atoms with van der Waals surface area (Å²) in [6.07, 6.45) is -3.79. The van der Waals surface area contributed by atoms with Crippen LogP contribution in [0.5, 0.6) is 0 Å². The maximum absolute atomic E-state index is 12.4. The van der Waals surface area contributed by atoms with Gasteiger partial charge in [0.25, 0.3) is 0 Å². The number of nitrogens with one attached hydrogen (secondary N) is 1. The number of hydrogen-bond donors (Lipinski definition) is 1. The van der Waals surface area contributed by atoms with E-state index in [1.165, 1.54) is 0 Å². The zero-order valence-electron chi connectivity index (χ0n) is 13.0. The third kappa shape index (κ3) is 3.32. The number of piperidine rings is 1. The molecule has 2 aliphatic rings. The average Bonchev–Trinajstić information content (AvgIpc) is 3.00. The number of carbonyl (C=O) groups excluding carboxylic acids is 2. The van der Waals surface area contributed by atoms with Gasteiger partial charge in [-0.3, -0.25) is 9.69 Å². The van der Waals surface area contributed by atoms with Crippen molar-refractivity contribution >= 4 is 17.6 Å². The van der Waals surface area contributed by atoms with Crippen LogP contribution in [0.4, 0.5) is 23.7 Å². The van der Waals surface area contributed by atoms with Crippen LogP contribution in [-0.2, 0) is 4.79 Å². The molecule has 130 valence electrons. The first-order valence-corrected chi connectivity index (χ1v) is 7.87. The lowest BCUT2D eigenvalue weighted by molar-refractivity contribution is -0.186. The van der Waals surface area contributed by atoms with E-state index < -0.39 is 12.1 Å². The van der Waals surface area contributed by atoms with E-state index in [1.807, 2.05) is 24.3 Å². The number of benzene rings is 1. The first-order chi connectivity index (χ1) is 11.4. The van der Waals surface area contributed by atoms with E-state index in [4.69, 9.17) is 0 Å². The minimum absolute atomic E-state index is 0.110. The van der Waals surface area contributed by atoms with Gasteiger partial charge >= 0.3 is 18.1 Å². The second kappa shape index (κ2) is 6.33. The van der Waals surface area contributed by atoms with Gasteiger partial charge < -0.3 is 10.2 Å². The van der Waals surface area contributed by atoms with Crippen molar-refractivity contribution in [3.63, 3.8) is 0 Å². The third-order valence-electron chi connectivity index (χ3n) is 4.56. The number of amides is 3. The van der Waals surface area contributed by atoms with E-state index in [1.54, 1.807) is 4.90 Å². The summed E-state index contributed by atoms with van der Waals surface area (Å²) in [6.45, 7) is 1.46. The highest BCUT2D eigenvalue weighted by molar-refractivity contribution is 5.94. The number of urea groups is 1. The molecule has 0 saturated carbocycles. The Bertz CT molecular complexity index is 622. The van der Waals surface area contributed by atoms with E-state index >= 15 is 0 Å². The Labute approximate surface area is 137 Å². The van der Waals surface area contributed by atoms with Crippen molar-refractivity contribution in [1.29, 1.82) is 0 Å². The van der Waals surface area contributed by atoms with Crippen LogP contribution in [0.25, 0.3) is 0 Å². The van der Waals surface area contributed by atoms with Crippen molar-refractivity contribution in [2.45, 2.75) is 24.9 Å². The van der Waals surface area contributed by atoms with Gasteiger partial charge in [0.1, 0.15) is 0 Å². The summed E-state index contributed by atoms with van der Waals surface area (Å²) in [5.41, 5.74) is 1.83. The third-order valence-corrected chi connectivity index (χ3v) is 4.56. The predicted molar refractivity (Wildman–Crippen MR) is 81.8 cm³/mol. The molecule has 0 unspecified atom stereocenters. The molecule has 1 N–H and O–H groups in total. The van der Waals surface area contributed by atoms with Gasteiger partial charge in [0.2, 0.25) is 0 Å². The number of rotatable bonds is 2. The molecule has 3 amide bonds. The van der Waals surface area contributed by atoms with Crippen LogP contribution in [0, 0.1) is 0 Å². The van der Waals surface area contributed by atoms with Crippen LogP contribution >= 0.6 is 0 Å². The predicted octanol–water partition coefficient (Wildman–Crippen LogP) is 2.48. The zero-order valence-corrected chi connectivity index (χ0v) is 13.0. The quantitative estimate of drug-likeness (QED) is 0.899. The van der Waals surface area contributed by atoms with Crippen molar-refractivity contribution in [3.8, 4) is 0 Å². The molecule has 0 bridgehead atoms. The highest BCUT2D eigenvalue weighted by atomic mass is 19.4. The van der Waals surface area contributed by atoms with Crippen molar-refractivity contribution in [2.75, 3.05) is 31.1 Å². The Kier molecular flexibility index (Phi) is 4.38. The molecule has 2 saturated heterocycles. The largest absolute Gasteiger partial charge is 0.471 e. The van der Waals surface area contributed by atoms with Crippen molar-refractivity contribution in [2.24, 2.45) is 0 Å². The molecule has 24 heavy (non-hydrogen) atoms. The molecule has 3 rings (SSSR count). The Morgan fingerprint density at radius 2 is 1.71 bits per heavy atom. The van der Waals surface area contributed by atoms with E-state index in [9.17, 15) is 22.8 Å². The van der Waals surface area contributed by atoms with Crippen molar-refractivity contribution in [1.82, 2.24) is 10.2 Å². The van der Waals surface area contributed by atoms with Gasteiger partial charge in [0.05, 0.1) is 0 Å². The smallest absolute Gasteiger partial charge is 0.336 e. The lowest BCUT2D eigenvalue weighted by Gasteiger charge is -2.32. The van der Waals surface area contributed by atoms with Crippen LogP contribution in [0.1, 0.15) is 24.3 Å². The fourth-order valence-electron chi connectivity index (χ4n) is 3.24. The minimum Gasteiger partial charge on any atom is -0.336 e. The summed E-state index contributed by atoms with van der Waals surface area (Å²) in [5.74, 6) is -1.62. The number of alkyl halides is 3. The van der Waals surface area contributed by atoms with E-state index in [0.29, 0.717) is 25.9 Å². The number of halogens is 3. The van der Waals surface area contributed by atoms with Gasteiger partial charge in [0, 0.05) is 31.9 Å². The van der Waals surface area contributed by atoms with Crippen LogP contribution in [0.3, 0.4) is 0 Å². The summed E-state index contributed by atoms with van der Waals surface area (Å²) in [6, 6.07) is 7.40. The number of anilines is 1. The zero-order chi connectivity index (χ0) is 17.3. The number of carbonyl (C=O) groups is 2. The van der Waals surface area contributed by atoms with Crippen LogP contribution in [0.2, 0.25) is 0 Å². The number of likely N-dealkylation sites (tertiary alicyclic amines) is 1. The van der Waals surface area contributed by atoms with Gasteiger partial charge in [-0.15, -0.1) is 0 Å². The molecule has 1 aromatic rings. The molecule has 2 fully saturated rings. The van der Waals surface area contributed by atoms with Gasteiger partial charge in [-0.05, 0) is 36.5 Å². The molecule has 8 heteroatoms. The first kappa shape index (κ1) is 16.6. The molecule has 0 radical (unpaired) electrons. The highest BCUT2D eigenvalue weighted by Gasteiger charge is 2.43. The molecular weight excluding hydrogens is 323 g/mol. The summed E-state index contributed by atoms with van der Waals surface area (Å²) in [7, 11) is 0. The van der Waals surface area contributed by atoms with E-state index in [0.717, 1.165) is 16.2 Å². The standard InChI is InChI=1S/C16H18F3N3O2/c17-16(18,19)14(23)21-8-5-12(6-9-21)11-1-3-13(4-2-11)22-10-7-20-15(22)24/h1-4,12H,5-10H2,(H,20,24). The molecule has 0 aliphatic carbocycles. The minimum atomic E-state index is -4.80. The van der Waals surface area contributed by atoms with Crippen LogP contribution < -0.4 is 10.2 Å². The lowest BCUT2D eigenvalue weighted by Crippen LogP contribution is -2.45. The molecular formula is C16H18F3N3O2. The fourth-order valence-corrected chi connectivity index (χ4v) is 3.24. The summed E-state index contributed by atoms with van der Waals surface area (Å²) in [4.78, 5) is 25.4. The van der Waals surface area contributed by atoms with E-state index in [-0.39, 0.29) is 25.0 Å². The maximum atomic E-state index is 12.4. The summed E-state index contributed by atoms with van der Waals surface area (Å²) < 4.78 is 37.3. The van der Waals surface area contributed by atoms with Crippen LogP contribution in [-0.4, -0.2) is 49.2 Å². The van der Waals surface area contributed by atoms with Gasteiger partial charge in [-0.25, -0.2) is 4.79 Å². The summed E-state index contributed by atoms with van der Waals surface area (Å²) in [5, 5.41) is 2.73. The monoisotopic (exact) mass is 341 g/mol. The second-order valence-corrected chi connectivity index (χ2v) is 6.04. The molecule has 5 nitrogen and oxygen atoms in total. The maximum Gasteiger partial charge on any atom is 0.471 e. The topological polar surface area (TPSA) is 52.7 Å². The van der Waals surface area contributed by atoms with Crippen LogP contribution in [0.15, 0.2) is 24.3 Å². The molecule has 1 aromatic carbocycles. The Hall–Kier alpha value is -2.25. The SMILES string of the molecule is O=C1NCCN1c1ccc(C2CCN(C(=O)C(F)(F)F)CC2)cc1. The highest BCUT2D eigenvalue weighted by Crippen LogP contribution is 2.31. The fraction of sp³-hybridized carbons (Fsp3) is 0.500. The van der Waals surface area contributed by atoms with Gasteiger partial charge in [0.15, 0.2) is 0 Å². The van der Waals surface area contributed by atoms with Crippen molar-refractivity contribution in [3.05, 3.63) is 29.8 Å². The molecule has 2 heterocycles. The Balaban J connectivity index is 1.61. The normalized spacial score (nSPS) is 19.5. The molecule has 0 aromatic heterocycles. The molecule has 2 aliphatic heterocycles. The first-order valence-electron chi connectivity index (χ1n) is 7.87. The average molecular weight is 341 g/mol. The number of hydrogen-bond acceptors (Lipinski definition) is 2. The van der Waals surface area contributed by atoms with Crippen molar-refractivity contribution < 1.29 is 22.8 Å². The van der Waals surface area contributed by atoms with E-state index in [2.05, 4.69) is 5.32 Å². The lowest BCUT2D eigenvalue weighted by atomic mass is 9.89.